The van der Waals surface area contributed by atoms with Crippen molar-refractivity contribution in [2.24, 2.45) is 11.8 Å². The van der Waals surface area contributed by atoms with E-state index in [0.29, 0.717) is 40.8 Å². The van der Waals surface area contributed by atoms with Crippen LogP contribution in [-0.2, 0) is 13.2 Å². The Hall–Kier alpha value is -2.15. The first-order valence-corrected chi connectivity index (χ1v) is 11.1. The van der Waals surface area contributed by atoms with E-state index < -0.39 is 6.67 Å². The highest BCUT2D eigenvalue weighted by Gasteiger charge is 2.22. The van der Waals surface area contributed by atoms with Crippen LogP contribution in [0.4, 0.5) is 4.39 Å². The Labute approximate surface area is 175 Å². The van der Waals surface area contributed by atoms with Gasteiger partial charge in [-0.25, -0.2) is 4.39 Å². The minimum Gasteiger partial charge on any atom is -0.494 e. The van der Waals surface area contributed by atoms with E-state index in [9.17, 15) is 19.4 Å². The van der Waals surface area contributed by atoms with Crippen molar-refractivity contribution in [2.45, 2.75) is 50.7 Å². The predicted molar refractivity (Wildman–Crippen MR) is 113 cm³/mol. The molecule has 5 nitrogen and oxygen atoms in total. The summed E-state index contributed by atoms with van der Waals surface area (Å²) in [6.45, 7) is 2.78. The first kappa shape index (κ1) is 21.6. The van der Waals surface area contributed by atoms with Crippen LogP contribution in [0.5, 0.6) is 11.8 Å². The minimum absolute atomic E-state index is 0.0839. The number of thioether (sulfide) groups is 1. The molecule has 1 saturated carbocycles. The molecule has 1 aromatic heterocycles. The monoisotopic (exact) mass is 420 g/mol. The number of benzene rings is 1. The lowest BCUT2D eigenvalue weighted by Gasteiger charge is -2.26. The molecule has 0 saturated heterocycles. The molecule has 7 heteroatoms. The summed E-state index contributed by atoms with van der Waals surface area (Å²) in [7, 11) is 0. The predicted octanol–water partition coefficient (Wildman–Crippen LogP) is 4.72. The van der Waals surface area contributed by atoms with Crippen LogP contribution in [0.15, 0.2) is 35.2 Å². The zero-order chi connectivity index (χ0) is 20.8. The summed E-state index contributed by atoms with van der Waals surface area (Å²) in [4.78, 5) is 12.7. The lowest BCUT2D eigenvalue weighted by Crippen LogP contribution is -2.25. The average molecular weight is 421 g/mol. The lowest BCUT2D eigenvalue weighted by molar-refractivity contribution is 0.0956. The Bertz CT molecular complexity index is 814. The highest BCUT2D eigenvalue weighted by atomic mass is 32.2. The molecule has 0 radical (unpaired) electrons. The van der Waals surface area contributed by atoms with E-state index in [2.05, 4.69) is 12.2 Å². The van der Waals surface area contributed by atoms with E-state index in [1.807, 2.05) is 0 Å². The molecule has 0 bridgehead atoms. The molecule has 0 aliphatic heterocycles. The van der Waals surface area contributed by atoms with Gasteiger partial charge in [-0.2, -0.15) is 0 Å². The summed E-state index contributed by atoms with van der Waals surface area (Å²) in [5.74, 6) is 1.77. The second-order valence-electron chi connectivity index (χ2n) is 7.86. The smallest absolute Gasteiger partial charge is 0.251 e. The number of nitrogens with zero attached hydrogens (tertiary/aromatic N) is 1. The van der Waals surface area contributed by atoms with Gasteiger partial charge in [0, 0.05) is 30.5 Å². The molecular formula is C22H29FN2O3S. The summed E-state index contributed by atoms with van der Waals surface area (Å²) in [5, 5.41) is 23.5. The number of alkyl halides is 1. The molecule has 1 aliphatic rings. The van der Waals surface area contributed by atoms with Gasteiger partial charge in [0.05, 0.1) is 4.90 Å². The summed E-state index contributed by atoms with van der Waals surface area (Å²) in [6.07, 6.45) is 4.65. The molecule has 3 rings (SSSR count). The van der Waals surface area contributed by atoms with Crippen molar-refractivity contribution in [3.8, 4) is 11.8 Å². The number of hydrogen-bond acceptors (Lipinski definition) is 4. The number of nitrogens with one attached hydrogen (secondary N) is 1. The normalized spacial score (nSPS) is 19.2. The molecule has 1 fully saturated rings. The van der Waals surface area contributed by atoms with Gasteiger partial charge in [0.15, 0.2) is 5.88 Å². The molecule has 1 aromatic carbocycles. The fraction of sp³-hybridized carbons (Fsp3) is 0.500. The van der Waals surface area contributed by atoms with Crippen molar-refractivity contribution in [1.29, 1.82) is 0 Å². The Kier molecular flexibility index (Phi) is 7.47. The first-order chi connectivity index (χ1) is 14.0. The molecule has 1 aliphatic carbocycles. The van der Waals surface area contributed by atoms with Crippen molar-refractivity contribution in [2.75, 3.05) is 12.3 Å². The van der Waals surface area contributed by atoms with Gasteiger partial charge in [0.2, 0.25) is 5.88 Å². The van der Waals surface area contributed by atoms with Crippen molar-refractivity contribution in [1.82, 2.24) is 9.88 Å². The number of aromatic hydroxyl groups is 2. The van der Waals surface area contributed by atoms with Gasteiger partial charge in [0.25, 0.3) is 5.91 Å². The van der Waals surface area contributed by atoms with E-state index in [-0.39, 0.29) is 17.7 Å². The molecule has 1 heterocycles. The standard InChI is InChI=1S/C22H29FN2O3S/c1-15-2-4-17(5-3-15)14-25-20(26)12-19(22(25)28)29-11-10-24-21(27)18-8-6-16(13-23)7-9-18/h6-9,12,15,17,26,28H,2-5,10-11,13-14H2,1H3,(H,24,27). The molecule has 29 heavy (non-hydrogen) atoms. The highest BCUT2D eigenvalue weighted by molar-refractivity contribution is 7.99. The van der Waals surface area contributed by atoms with Crippen molar-refractivity contribution < 1.29 is 19.4 Å². The zero-order valence-electron chi connectivity index (χ0n) is 16.7. The number of hydrogen-bond donors (Lipinski definition) is 3. The Morgan fingerprint density at radius 3 is 2.55 bits per heavy atom. The third-order valence-corrected chi connectivity index (χ3v) is 6.62. The van der Waals surface area contributed by atoms with Crippen molar-refractivity contribution >= 4 is 17.7 Å². The topological polar surface area (TPSA) is 74.5 Å². The van der Waals surface area contributed by atoms with Crippen LogP contribution in [0, 0.1) is 11.8 Å². The van der Waals surface area contributed by atoms with Crippen LogP contribution < -0.4 is 5.32 Å². The average Bonchev–Trinajstić information content (AvgIpc) is 3.00. The van der Waals surface area contributed by atoms with Gasteiger partial charge in [-0.3, -0.25) is 9.36 Å². The van der Waals surface area contributed by atoms with E-state index in [4.69, 9.17) is 0 Å². The fourth-order valence-electron chi connectivity index (χ4n) is 3.73. The van der Waals surface area contributed by atoms with Crippen LogP contribution in [0.25, 0.3) is 0 Å². The number of rotatable bonds is 8. The van der Waals surface area contributed by atoms with Crippen molar-refractivity contribution in [3.63, 3.8) is 0 Å². The SMILES string of the molecule is CC1CCC(Cn2c(O)cc(SCCNC(=O)c3ccc(CF)cc3)c2O)CC1. The molecule has 1 amide bonds. The highest BCUT2D eigenvalue weighted by Crippen LogP contribution is 2.38. The number of aromatic nitrogens is 1. The number of amides is 1. The van der Waals surface area contributed by atoms with Gasteiger partial charge >= 0.3 is 0 Å². The summed E-state index contributed by atoms with van der Waals surface area (Å²) in [5.41, 5.74) is 1.03. The number of halogens is 1. The largest absolute Gasteiger partial charge is 0.494 e. The second-order valence-corrected chi connectivity index (χ2v) is 9.00. The maximum atomic E-state index is 12.5. The van der Waals surface area contributed by atoms with E-state index in [1.54, 1.807) is 34.9 Å². The molecule has 3 N–H and O–H groups in total. The Balaban J connectivity index is 1.47. The molecule has 0 spiro atoms. The van der Waals surface area contributed by atoms with Gasteiger partial charge in [0.1, 0.15) is 6.67 Å². The van der Waals surface area contributed by atoms with Crippen LogP contribution in [0.1, 0.15) is 48.5 Å². The summed E-state index contributed by atoms with van der Waals surface area (Å²) < 4.78 is 14.1. The number of carbonyl (C=O) groups is 1. The molecule has 2 aromatic rings. The Morgan fingerprint density at radius 1 is 1.21 bits per heavy atom. The third-order valence-electron chi connectivity index (χ3n) is 5.60. The van der Waals surface area contributed by atoms with Gasteiger partial charge < -0.3 is 15.5 Å². The molecule has 0 unspecified atom stereocenters. The first-order valence-electron chi connectivity index (χ1n) is 10.1. The lowest BCUT2D eigenvalue weighted by atomic mass is 9.83. The van der Waals surface area contributed by atoms with Gasteiger partial charge in [-0.1, -0.05) is 31.9 Å². The summed E-state index contributed by atoms with van der Waals surface area (Å²) in [6, 6.07) is 7.99. The van der Waals surface area contributed by atoms with Crippen LogP contribution >= 0.6 is 11.8 Å². The third kappa shape index (κ3) is 5.69. The van der Waals surface area contributed by atoms with Gasteiger partial charge in [-0.15, -0.1) is 11.8 Å². The van der Waals surface area contributed by atoms with E-state index in [1.165, 1.54) is 24.6 Å². The van der Waals surface area contributed by atoms with Crippen LogP contribution in [-0.4, -0.2) is 33.0 Å². The molecular weight excluding hydrogens is 391 g/mol. The fourth-order valence-corrected chi connectivity index (χ4v) is 4.58. The molecule has 158 valence electrons. The van der Waals surface area contributed by atoms with E-state index in [0.717, 1.165) is 18.8 Å². The zero-order valence-corrected chi connectivity index (χ0v) is 17.6. The van der Waals surface area contributed by atoms with Crippen LogP contribution in [0.2, 0.25) is 0 Å². The van der Waals surface area contributed by atoms with Gasteiger partial charge in [-0.05, 0) is 42.4 Å². The quantitative estimate of drug-likeness (QED) is 0.427. The number of carbonyl (C=O) groups excluding carboxylic acids is 1. The minimum atomic E-state index is -0.547. The van der Waals surface area contributed by atoms with Crippen LogP contribution in [0.3, 0.4) is 0 Å². The molecule has 0 atom stereocenters. The Morgan fingerprint density at radius 2 is 1.90 bits per heavy atom. The van der Waals surface area contributed by atoms with Crippen molar-refractivity contribution in [3.05, 3.63) is 41.5 Å². The second kappa shape index (κ2) is 10.1. The van der Waals surface area contributed by atoms with E-state index >= 15 is 0 Å². The maximum Gasteiger partial charge on any atom is 0.251 e. The summed E-state index contributed by atoms with van der Waals surface area (Å²) >= 11 is 1.39. The maximum absolute atomic E-state index is 12.5.